The second-order valence-electron chi connectivity index (χ2n) is 6.34. The Hall–Kier alpha value is -1.07. The first-order chi connectivity index (χ1) is 10.1. The first kappa shape index (κ1) is 14.9. The predicted molar refractivity (Wildman–Crippen MR) is 85.9 cm³/mol. The van der Waals surface area contributed by atoms with Crippen molar-refractivity contribution < 1.29 is 8.42 Å². The summed E-state index contributed by atoms with van der Waals surface area (Å²) >= 11 is 0. The van der Waals surface area contributed by atoms with Gasteiger partial charge in [0.25, 0.3) is 0 Å². The van der Waals surface area contributed by atoms with Gasteiger partial charge in [0.2, 0.25) is 10.0 Å². The predicted octanol–water partition coefficient (Wildman–Crippen LogP) is 2.52. The highest BCUT2D eigenvalue weighted by Gasteiger charge is 2.26. The Balaban J connectivity index is 1.58. The molecule has 1 atom stereocenters. The molecule has 3 rings (SSSR count). The lowest BCUT2D eigenvalue weighted by molar-refractivity contribution is 0.383. The van der Waals surface area contributed by atoms with Crippen LogP contribution in [0.25, 0.3) is 0 Å². The van der Waals surface area contributed by atoms with Crippen molar-refractivity contribution in [3.8, 4) is 0 Å². The minimum atomic E-state index is -3.17. The van der Waals surface area contributed by atoms with Crippen LogP contribution in [0.4, 0.5) is 5.69 Å². The number of hydrogen-bond donors (Lipinski definition) is 2. The Kier molecular flexibility index (Phi) is 4.50. The molecule has 1 heterocycles. The van der Waals surface area contributed by atoms with Crippen LogP contribution in [-0.2, 0) is 16.4 Å². The van der Waals surface area contributed by atoms with Gasteiger partial charge in [-0.1, -0.05) is 37.5 Å². The first-order valence-electron chi connectivity index (χ1n) is 7.94. The second-order valence-corrected chi connectivity index (χ2v) is 8.14. The maximum atomic E-state index is 12.3. The summed E-state index contributed by atoms with van der Waals surface area (Å²) < 4.78 is 27.6. The molecular formula is C16H24N2O2S. The molecule has 4 nitrogen and oxygen atoms in total. The van der Waals surface area contributed by atoms with E-state index in [1.165, 1.54) is 24.8 Å². The van der Waals surface area contributed by atoms with Crippen LogP contribution >= 0.6 is 0 Å². The summed E-state index contributed by atoms with van der Waals surface area (Å²) in [5, 5.41) is 3.31. The van der Waals surface area contributed by atoms with Crippen LogP contribution in [0.1, 0.15) is 37.7 Å². The molecular weight excluding hydrogens is 284 g/mol. The Morgan fingerprint density at radius 1 is 1.14 bits per heavy atom. The molecule has 1 aromatic rings. The van der Waals surface area contributed by atoms with E-state index in [0.717, 1.165) is 24.9 Å². The van der Waals surface area contributed by atoms with E-state index >= 15 is 0 Å². The lowest BCUT2D eigenvalue weighted by atomic mass is 9.91. The highest BCUT2D eigenvalue weighted by Crippen LogP contribution is 2.25. The number of benzene rings is 1. The molecule has 0 aromatic heterocycles. The molecule has 5 heteroatoms. The minimum absolute atomic E-state index is 0.0338. The van der Waals surface area contributed by atoms with Gasteiger partial charge in [0.05, 0.1) is 5.75 Å². The van der Waals surface area contributed by atoms with Crippen molar-refractivity contribution in [3.63, 3.8) is 0 Å². The van der Waals surface area contributed by atoms with Crippen LogP contribution in [0.15, 0.2) is 24.3 Å². The highest BCUT2D eigenvalue weighted by atomic mass is 32.2. The number of hydrogen-bond acceptors (Lipinski definition) is 3. The summed E-state index contributed by atoms with van der Waals surface area (Å²) in [5.74, 6) is 0.644. The molecule has 1 aliphatic heterocycles. The van der Waals surface area contributed by atoms with Gasteiger partial charge < -0.3 is 5.32 Å². The monoisotopic (exact) mass is 308 g/mol. The van der Waals surface area contributed by atoms with Gasteiger partial charge in [-0.2, -0.15) is 0 Å². The van der Waals surface area contributed by atoms with Gasteiger partial charge in [-0.05, 0) is 36.8 Å². The van der Waals surface area contributed by atoms with E-state index in [9.17, 15) is 8.42 Å². The standard InChI is InChI=1S/C16H24N2O2S/c19-21(20,12-13-6-2-1-3-7-13)18-15-10-14-8-4-5-9-16(14)17-11-15/h4-5,8-9,13,15,17-18H,1-3,6-7,10-12H2. The Morgan fingerprint density at radius 3 is 2.71 bits per heavy atom. The van der Waals surface area contributed by atoms with Crippen LogP contribution in [0.2, 0.25) is 0 Å². The van der Waals surface area contributed by atoms with Crippen LogP contribution in [0.5, 0.6) is 0 Å². The zero-order valence-corrected chi connectivity index (χ0v) is 13.2. The number of para-hydroxylation sites is 1. The molecule has 2 aliphatic rings. The number of sulfonamides is 1. The topological polar surface area (TPSA) is 58.2 Å². The fourth-order valence-corrected chi connectivity index (χ4v) is 5.22. The van der Waals surface area contributed by atoms with E-state index < -0.39 is 10.0 Å². The number of nitrogens with one attached hydrogen (secondary N) is 2. The van der Waals surface area contributed by atoms with Gasteiger partial charge in [-0.25, -0.2) is 13.1 Å². The molecule has 0 amide bonds. The van der Waals surface area contributed by atoms with Crippen LogP contribution in [0, 0.1) is 5.92 Å². The molecule has 116 valence electrons. The zero-order valence-electron chi connectivity index (χ0n) is 12.3. The average molecular weight is 308 g/mol. The Bertz CT molecular complexity index is 580. The molecule has 0 saturated heterocycles. The lowest BCUT2D eigenvalue weighted by Crippen LogP contribution is -2.45. The fraction of sp³-hybridized carbons (Fsp3) is 0.625. The van der Waals surface area contributed by atoms with Gasteiger partial charge >= 0.3 is 0 Å². The molecule has 0 bridgehead atoms. The molecule has 2 N–H and O–H groups in total. The molecule has 0 spiro atoms. The van der Waals surface area contributed by atoms with Gasteiger partial charge in [0.15, 0.2) is 0 Å². The van der Waals surface area contributed by atoms with Crippen molar-refractivity contribution in [1.82, 2.24) is 4.72 Å². The van der Waals surface area contributed by atoms with Crippen LogP contribution < -0.4 is 10.0 Å². The fourth-order valence-electron chi connectivity index (χ4n) is 3.49. The molecule has 1 aliphatic carbocycles. The highest BCUT2D eigenvalue weighted by molar-refractivity contribution is 7.89. The Morgan fingerprint density at radius 2 is 1.90 bits per heavy atom. The van der Waals surface area contributed by atoms with Gasteiger partial charge in [0, 0.05) is 18.3 Å². The maximum absolute atomic E-state index is 12.3. The third kappa shape index (κ3) is 3.98. The lowest BCUT2D eigenvalue weighted by Gasteiger charge is -2.28. The van der Waals surface area contributed by atoms with Gasteiger partial charge in [0.1, 0.15) is 0 Å². The molecule has 21 heavy (non-hydrogen) atoms. The van der Waals surface area contributed by atoms with E-state index in [-0.39, 0.29) is 6.04 Å². The minimum Gasteiger partial charge on any atom is -0.383 e. The zero-order chi connectivity index (χ0) is 14.7. The maximum Gasteiger partial charge on any atom is 0.212 e. The first-order valence-corrected chi connectivity index (χ1v) is 9.59. The van der Waals surface area contributed by atoms with E-state index in [1.807, 2.05) is 18.2 Å². The summed E-state index contributed by atoms with van der Waals surface area (Å²) in [4.78, 5) is 0. The average Bonchev–Trinajstić information content (AvgIpc) is 2.47. The van der Waals surface area contributed by atoms with E-state index in [0.29, 0.717) is 18.2 Å². The molecule has 1 saturated carbocycles. The number of fused-ring (bicyclic) bond motifs is 1. The van der Waals surface area contributed by atoms with Crippen molar-refractivity contribution >= 4 is 15.7 Å². The summed E-state index contributed by atoms with van der Waals surface area (Å²) in [7, 11) is -3.17. The largest absolute Gasteiger partial charge is 0.383 e. The van der Waals surface area contributed by atoms with Crippen molar-refractivity contribution in [1.29, 1.82) is 0 Å². The van der Waals surface area contributed by atoms with E-state index in [4.69, 9.17) is 0 Å². The summed E-state index contributed by atoms with van der Waals surface area (Å²) in [5.41, 5.74) is 2.31. The third-order valence-electron chi connectivity index (χ3n) is 4.55. The normalized spacial score (nSPS) is 23.3. The second kappa shape index (κ2) is 6.36. The van der Waals surface area contributed by atoms with E-state index in [2.05, 4.69) is 16.1 Å². The Labute approximate surface area is 127 Å². The van der Waals surface area contributed by atoms with Crippen molar-refractivity contribution in [2.75, 3.05) is 17.6 Å². The summed E-state index contributed by atoms with van der Waals surface area (Å²) in [6.45, 7) is 0.668. The summed E-state index contributed by atoms with van der Waals surface area (Å²) in [6, 6.07) is 8.07. The quantitative estimate of drug-likeness (QED) is 0.898. The molecule has 1 fully saturated rings. The SMILES string of the molecule is O=S(=O)(CC1CCCCC1)NC1CNc2ccccc2C1. The molecule has 1 aromatic carbocycles. The van der Waals surface area contributed by atoms with Gasteiger partial charge in [-0.3, -0.25) is 0 Å². The molecule has 1 unspecified atom stereocenters. The van der Waals surface area contributed by atoms with E-state index in [1.54, 1.807) is 0 Å². The van der Waals surface area contributed by atoms with Crippen molar-refractivity contribution in [2.24, 2.45) is 5.92 Å². The van der Waals surface area contributed by atoms with Crippen LogP contribution in [-0.4, -0.2) is 26.8 Å². The summed E-state index contributed by atoms with van der Waals surface area (Å²) in [6.07, 6.45) is 6.51. The molecule has 0 radical (unpaired) electrons. The van der Waals surface area contributed by atoms with Gasteiger partial charge in [-0.15, -0.1) is 0 Å². The number of anilines is 1. The number of rotatable bonds is 4. The van der Waals surface area contributed by atoms with Crippen molar-refractivity contribution in [2.45, 2.75) is 44.6 Å². The van der Waals surface area contributed by atoms with Crippen molar-refractivity contribution in [3.05, 3.63) is 29.8 Å². The smallest absolute Gasteiger partial charge is 0.212 e. The third-order valence-corrected chi connectivity index (χ3v) is 6.15. The van der Waals surface area contributed by atoms with Crippen LogP contribution in [0.3, 0.4) is 0 Å².